The van der Waals surface area contributed by atoms with E-state index in [1.54, 1.807) is 0 Å². The van der Waals surface area contributed by atoms with Crippen molar-refractivity contribution in [3.8, 4) is 0 Å². The Hall–Kier alpha value is -2.37. The molecule has 0 aliphatic heterocycles. The third-order valence-corrected chi connectivity index (χ3v) is 6.73. The summed E-state index contributed by atoms with van der Waals surface area (Å²) in [5, 5.41) is 5.69. The van der Waals surface area contributed by atoms with Crippen LogP contribution in [-0.4, -0.2) is 45.7 Å². The van der Waals surface area contributed by atoms with E-state index in [0.717, 1.165) is 56.5 Å². The van der Waals surface area contributed by atoms with E-state index in [2.05, 4.69) is 103 Å². The highest BCUT2D eigenvalue weighted by atomic mass is 32.1. The Morgan fingerprint density at radius 3 is 2.28 bits per heavy atom. The number of anilines is 1. The number of hydrogen-bond donors (Lipinski definition) is 1. The lowest BCUT2D eigenvalue weighted by atomic mass is 10.1. The number of rotatable bonds is 10. The molecule has 5 heteroatoms. The molecule has 1 aromatic heterocycles. The average molecular weight is 451 g/mol. The lowest BCUT2D eigenvalue weighted by Crippen LogP contribution is -2.37. The molecule has 0 atom stereocenters. The highest BCUT2D eigenvalue weighted by Crippen LogP contribution is 2.24. The lowest BCUT2D eigenvalue weighted by Gasteiger charge is -2.28. The highest BCUT2D eigenvalue weighted by molar-refractivity contribution is 7.80. The van der Waals surface area contributed by atoms with E-state index in [4.69, 9.17) is 12.2 Å². The van der Waals surface area contributed by atoms with Gasteiger partial charge < -0.3 is 19.7 Å². The number of fused-ring (bicyclic) bond motifs is 1. The Bertz CT molecular complexity index is 1020. The summed E-state index contributed by atoms with van der Waals surface area (Å²) in [4.78, 5) is 4.82. The van der Waals surface area contributed by atoms with Crippen LogP contribution in [0.4, 0.5) is 5.69 Å². The minimum absolute atomic E-state index is 0.801. The van der Waals surface area contributed by atoms with E-state index in [1.165, 1.54) is 27.6 Å². The molecule has 2 aromatic carbocycles. The molecule has 1 N–H and O–H groups in total. The van der Waals surface area contributed by atoms with Crippen molar-refractivity contribution in [2.45, 2.75) is 54.1 Å². The second-order valence-corrected chi connectivity index (χ2v) is 8.84. The van der Waals surface area contributed by atoms with E-state index in [0.29, 0.717) is 0 Å². The fourth-order valence-corrected chi connectivity index (χ4v) is 4.65. The van der Waals surface area contributed by atoms with E-state index >= 15 is 0 Å². The predicted octanol–water partition coefficient (Wildman–Crippen LogP) is 6.21. The second-order valence-electron chi connectivity index (χ2n) is 8.46. The van der Waals surface area contributed by atoms with Gasteiger partial charge in [0.15, 0.2) is 5.11 Å². The fourth-order valence-electron chi connectivity index (χ4n) is 4.39. The first-order chi connectivity index (χ1) is 15.5. The lowest BCUT2D eigenvalue weighted by molar-refractivity contribution is 0.281. The zero-order valence-corrected chi connectivity index (χ0v) is 21.1. The van der Waals surface area contributed by atoms with Crippen LogP contribution in [0.5, 0.6) is 0 Å². The summed E-state index contributed by atoms with van der Waals surface area (Å²) in [6.45, 7) is 16.9. The number of benzene rings is 2. The first kappa shape index (κ1) is 24.3. The van der Waals surface area contributed by atoms with Crippen LogP contribution in [0, 0.1) is 13.8 Å². The van der Waals surface area contributed by atoms with Gasteiger partial charge >= 0.3 is 0 Å². The van der Waals surface area contributed by atoms with Crippen molar-refractivity contribution in [3.63, 3.8) is 0 Å². The standard InChI is InChI=1S/C27H38N4S/c1-6-29(7-2)17-12-18-31(27(32)28-26-21(4)13-11-14-22(26)5)20-23-19-30(8-3)25-16-10-9-15-24(23)25/h9-11,13-16,19H,6-8,12,17-18,20H2,1-5H3,(H,28,32). The molecule has 0 bridgehead atoms. The average Bonchev–Trinajstić information content (AvgIpc) is 3.16. The first-order valence-corrected chi connectivity index (χ1v) is 12.3. The maximum absolute atomic E-state index is 5.96. The predicted molar refractivity (Wildman–Crippen MR) is 143 cm³/mol. The zero-order valence-electron chi connectivity index (χ0n) is 20.3. The molecule has 0 saturated heterocycles. The van der Waals surface area contributed by atoms with Gasteiger partial charge in [-0.3, -0.25) is 0 Å². The van der Waals surface area contributed by atoms with E-state index in [-0.39, 0.29) is 0 Å². The van der Waals surface area contributed by atoms with Crippen LogP contribution in [0.15, 0.2) is 48.7 Å². The van der Waals surface area contributed by atoms with Crippen molar-refractivity contribution in [2.24, 2.45) is 0 Å². The molecule has 0 radical (unpaired) electrons. The van der Waals surface area contributed by atoms with Crippen molar-refractivity contribution < 1.29 is 0 Å². The number of aromatic nitrogens is 1. The number of nitrogens with zero attached hydrogens (tertiary/aromatic N) is 3. The number of thiocarbonyl (C=S) groups is 1. The van der Waals surface area contributed by atoms with Crippen molar-refractivity contribution in [1.82, 2.24) is 14.4 Å². The van der Waals surface area contributed by atoms with Crippen LogP contribution in [0.1, 0.15) is 43.9 Å². The van der Waals surface area contributed by atoms with Gasteiger partial charge in [-0.05, 0) is 81.8 Å². The summed E-state index contributed by atoms with van der Waals surface area (Å²) in [6, 6.07) is 15.1. The molecular weight excluding hydrogens is 412 g/mol. The van der Waals surface area contributed by atoms with E-state index < -0.39 is 0 Å². The van der Waals surface area contributed by atoms with Crippen LogP contribution >= 0.6 is 12.2 Å². The maximum Gasteiger partial charge on any atom is 0.173 e. The largest absolute Gasteiger partial charge is 0.347 e. The maximum atomic E-state index is 5.96. The molecule has 1 heterocycles. The van der Waals surface area contributed by atoms with Crippen LogP contribution in [0.2, 0.25) is 0 Å². The molecule has 4 nitrogen and oxygen atoms in total. The molecule has 3 rings (SSSR count). The molecule has 0 fully saturated rings. The number of nitrogens with one attached hydrogen (secondary N) is 1. The fraction of sp³-hybridized carbons (Fsp3) is 0.444. The quantitative estimate of drug-likeness (QED) is 0.371. The smallest absolute Gasteiger partial charge is 0.173 e. The Balaban J connectivity index is 1.84. The van der Waals surface area contributed by atoms with Crippen molar-refractivity contribution in [1.29, 1.82) is 0 Å². The van der Waals surface area contributed by atoms with E-state index in [9.17, 15) is 0 Å². The monoisotopic (exact) mass is 450 g/mol. The highest BCUT2D eigenvalue weighted by Gasteiger charge is 2.16. The third-order valence-electron chi connectivity index (χ3n) is 6.37. The molecule has 0 aliphatic carbocycles. The Morgan fingerprint density at radius 1 is 0.938 bits per heavy atom. The van der Waals surface area contributed by atoms with Gasteiger partial charge in [0.2, 0.25) is 0 Å². The number of hydrogen-bond acceptors (Lipinski definition) is 2. The third kappa shape index (κ3) is 5.70. The summed E-state index contributed by atoms with van der Waals surface area (Å²) >= 11 is 5.96. The van der Waals surface area contributed by atoms with Gasteiger partial charge in [0.25, 0.3) is 0 Å². The van der Waals surface area contributed by atoms with Crippen LogP contribution in [0.3, 0.4) is 0 Å². The normalized spacial score (nSPS) is 11.3. The molecule has 172 valence electrons. The van der Waals surface area contributed by atoms with E-state index in [1.807, 2.05) is 0 Å². The van der Waals surface area contributed by atoms with Crippen LogP contribution in [-0.2, 0) is 13.1 Å². The Morgan fingerprint density at radius 2 is 1.62 bits per heavy atom. The second kappa shape index (κ2) is 11.5. The van der Waals surface area contributed by atoms with Gasteiger partial charge in [-0.2, -0.15) is 0 Å². The molecular formula is C27H38N4S. The molecule has 32 heavy (non-hydrogen) atoms. The summed E-state index contributed by atoms with van der Waals surface area (Å²) in [5.74, 6) is 0. The van der Waals surface area contributed by atoms with Gasteiger partial charge in [0.1, 0.15) is 0 Å². The van der Waals surface area contributed by atoms with Crippen molar-refractivity contribution in [2.75, 3.05) is 31.5 Å². The van der Waals surface area contributed by atoms with Gasteiger partial charge in [0, 0.05) is 42.4 Å². The van der Waals surface area contributed by atoms with Crippen molar-refractivity contribution >= 4 is 33.9 Å². The van der Waals surface area contributed by atoms with Gasteiger partial charge in [0.05, 0.1) is 0 Å². The molecule has 3 aromatic rings. The molecule has 0 spiro atoms. The molecule has 0 amide bonds. The summed E-state index contributed by atoms with van der Waals surface area (Å²) < 4.78 is 2.33. The van der Waals surface area contributed by atoms with Crippen LogP contribution in [0.25, 0.3) is 10.9 Å². The minimum Gasteiger partial charge on any atom is -0.347 e. The Labute approximate surface area is 199 Å². The molecule has 0 aliphatic rings. The number of aryl methyl sites for hydroxylation is 3. The topological polar surface area (TPSA) is 23.4 Å². The zero-order chi connectivity index (χ0) is 23.1. The summed E-state index contributed by atoms with van der Waals surface area (Å²) in [7, 11) is 0. The molecule has 0 unspecified atom stereocenters. The van der Waals surface area contributed by atoms with Gasteiger partial charge in [-0.1, -0.05) is 50.2 Å². The van der Waals surface area contributed by atoms with Gasteiger partial charge in [-0.15, -0.1) is 0 Å². The number of para-hydroxylation sites is 2. The van der Waals surface area contributed by atoms with Gasteiger partial charge in [-0.25, -0.2) is 0 Å². The van der Waals surface area contributed by atoms with Crippen molar-refractivity contribution in [3.05, 3.63) is 65.4 Å². The minimum atomic E-state index is 0.801. The summed E-state index contributed by atoms with van der Waals surface area (Å²) in [5.41, 5.74) is 6.19. The molecule has 0 saturated carbocycles. The SMILES string of the molecule is CCN(CC)CCCN(Cc1cn(CC)c2ccccc12)C(=S)Nc1c(C)cccc1C. The summed E-state index contributed by atoms with van der Waals surface area (Å²) in [6.07, 6.45) is 3.38. The Kier molecular flexibility index (Phi) is 8.71. The van der Waals surface area contributed by atoms with Crippen LogP contribution < -0.4 is 5.32 Å². The first-order valence-electron chi connectivity index (χ1n) is 11.9.